The number of ether oxygens (including phenoxy) is 2. The summed E-state index contributed by atoms with van der Waals surface area (Å²) in [4.78, 5) is 40.5. The van der Waals surface area contributed by atoms with E-state index in [1.807, 2.05) is 48.5 Å². The summed E-state index contributed by atoms with van der Waals surface area (Å²) in [5.41, 5.74) is 1.24. The summed E-state index contributed by atoms with van der Waals surface area (Å²) >= 11 is 7.30. The van der Waals surface area contributed by atoms with E-state index in [0.717, 1.165) is 16.0 Å². The van der Waals surface area contributed by atoms with Crippen molar-refractivity contribution >= 4 is 50.6 Å². The molecular formula is C29H20ClN3O5S. The zero-order chi connectivity index (χ0) is 27.1. The van der Waals surface area contributed by atoms with Crippen LogP contribution >= 0.6 is 22.9 Å². The number of carbonyl (C=O) groups is 2. The molecule has 0 radical (unpaired) electrons. The first-order valence-electron chi connectivity index (χ1n) is 12.1. The maximum absolute atomic E-state index is 13.9. The quantitative estimate of drug-likeness (QED) is 0.260. The van der Waals surface area contributed by atoms with Crippen molar-refractivity contribution in [3.8, 4) is 17.2 Å². The molecule has 1 aliphatic rings. The number of carbonyl (C=O) groups excluding carboxylic acids is 2. The average molecular weight is 558 g/mol. The van der Waals surface area contributed by atoms with Gasteiger partial charge in [-0.25, -0.2) is 4.79 Å². The Hall–Kier alpha value is -4.47. The third-order valence-corrected chi connectivity index (χ3v) is 7.48. The van der Waals surface area contributed by atoms with Crippen molar-refractivity contribution in [2.45, 2.75) is 12.8 Å². The Morgan fingerprint density at radius 1 is 1.05 bits per heavy atom. The first kappa shape index (κ1) is 24.8. The molecule has 39 heavy (non-hydrogen) atoms. The van der Waals surface area contributed by atoms with E-state index in [-0.39, 0.29) is 23.6 Å². The van der Waals surface area contributed by atoms with Crippen LogP contribution in [-0.2, 0) is 9.53 Å². The van der Waals surface area contributed by atoms with Gasteiger partial charge in [-0.1, -0.05) is 54.1 Å². The Morgan fingerprint density at radius 2 is 1.74 bits per heavy atom. The molecule has 194 valence electrons. The van der Waals surface area contributed by atoms with Crippen molar-refractivity contribution in [3.05, 3.63) is 110 Å². The Balaban J connectivity index is 1.49. The molecule has 2 aromatic heterocycles. The van der Waals surface area contributed by atoms with Gasteiger partial charge >= 0.3 is 5.97 Å². The number of benzene rings is 3. The number of nitrogens with one attached hydrogen (secondary N) is 1. The van der Waals surface area contributed by atoms with Gasteiger partial charge < -0.3 is 14.8 Å². The molecule has 0 fully saturated rings. The van der Waals surface area contributed by atoms with E-state index in [4.69, 9.17) is 21.1 Å². The van der Waals surface area contributed by atoms with E-state index >= 15 is 0 Å². The lowest BCUT2D eigenvalue weighted by Gasteiger charge is -2.27. The lowest BCUT2D eigenvalue weighted by molar-refractivity contribution is -0.116. The molecule has 1 N–H and O–H groups in total. The molecule has 0 saturated carbocycles. The Labute approximate surface area is 231 Å². The van der Waals surface area contributed by atoms with Crippen LogP contribution in [0.1, 0.15) is 34.5 Å². The second-order valence-electron chi connectivity index (χ2n) is 8.72. The fourth-order valence-electron chi connectivity index (χ4n) is 4.65. The third kappa shape index (κ3) is 4.35. The van der Waals surface area contributed by atoms with Crippen LogP contribution in [0.15, 0.2) is 83.0 Å². The summed E-state index contributed by atoms with van der Waals surface area (Å²) in [7, 11) is 0. The van der Waals surface area contributed by atoms with Crippen molar-refractivity contribution in [1.29, 1.82) is 0 Å². The van der Waals surface area contributed by atoms with E-state index in [2.05, 4.69) is 10.4 Å². The van der Waals surface area contributed by atoms with E-state index in [9.17, 15) is 14.4 Å². The summed E-state index contributed by atoms with van der Waals surface area (Å²) in [5.74, 6) is -0.523. The number of halogens is 1. The van der Waals surface area contributed by atoms with Gasteiger partial charge in [0, 0.05) is 26.9 Å². The minimum Gasteiger partial charge on any atom is -0.461 e. The number of aromatic nitrogens is 2. The number of fused-ring (bicyclic) bond motifs is 3. The number of amides is 1. The van der Waals surface area contributed by atoms with Crippen LogP contribution in [0.25, 0.3) is 16.5 Å². The Kier molecular flexibility index (Phi) is 6.38. The molecule has 0 saturated heterocycles. The molecular weight excluding hydrogens is 538 g/mol. The molecule has 3 aromatic carbocycles. The maximum Gasteiger partial charge on any atom is 0.359 e. The minimum absolute atomic E-state index is 0.0371. The van der Waals surface area contributed by atoms with Gasteiger partial charge in [0.05, 0.1) is 23.6 Å². The van der Waals surface area contributed by atoms with Crippen molar-refractivity contribution < 1.29 is 19.1 Å². The van der Waals surface area contributed by atoms with Gasteiger partial charge in [0.1, 0.15) is 16.5 Å². The zero-order valence-electron chi connectivity index (χ0n) is 20.5. The van der Waals surface area contributed by atoms with E-state index in [1.165, 1.54) is 0 Å². The topological polar surface area (TPSA) is 99.5 Å². The standard InChI is InChI=1S/C29H20ClN3O5S/c1-2-37-29(36)25-20-15-39-27(24(20)28(35)33(32-25)17-9-7-8-16(30)14-17)31-26(34)23-18-10-3-5-12-21(18)38-22-13-6-4-11-19(22)23/h3-15,23H,2H2,1H3,(H,31,34). The van der Waals surface area contributed by atoms with Crippen LogP contribution in [0.3, 0.4) is 0 Å². The van der Waals surface area contributed by atoms with Crippen LogP contribution < -0.4 is 15.6 Å². The second kappa shape index (κ2) is 10.0. The molecule has 1 amide bonds. The van der Waals surface area contributed by atoms with Gasteiger partial charge in [0.25, 0.3) is 5.56 Å². The summed E-state index contributed by atoms with van der Waals surface area (Å²) < 4.78 is 12.3. The number of nitrogens with zero attached hydrogens (tertiary/aromatic N) is 2. The summed E-state index contributed by atoms with van der Waals surface area (Å²) in [6.07, 6.45) is 0. The number of thiophene rings is 1. The number of anilines is 1. The summed E-state index contributed by atoms with van der Waals surface area (Å²) in [5, 5.41) is 10.0. The zero-order valence-corrected chi connectivity index (χ0v) is 22.1. The summed E-state index contributed by atoms with van der Waals surface area (Å²) in [6.45, 7) is 1.82. The molecule has 5 aromatic rings. The predicted octanol–water partition coefficient (Wildman–Crippen LogP) is 6.15. The molecule has 0 aliphatic carbocycles. The van der Waals surface area contributed by atoms with Gasteiger partial charge in [-0.15, -0.1) is 11.3 Å². The smallest absolute Gasteiger partial charge is 0.359 e. The second-order valence-corrected chi connectivity index (χ2v) is 10.0. The number of hydrogen-bond donors (Lipinski definition) is 1. The Bertz CT molecular complexity index is 1780. The number of para-hydroxylation sites is 2. The van der Waals surface area contributed by atoms with Gasteiger partial charge in [-0.3, -0.25) is 9.59 Å². The molecule has 0 spiro atoms. The van der Waals surface area contributed by atoms with Crippen molar-refractivity contribution in [2.75, 3.05) is 11.9 Å². The van der Waals surface area contributed by atoms with Crippen LogP contribution in [0.2, 0.25) is 5.02 Å². The van der Waals surface area contributed by atoms with Gasteiger partial charge in [0.15, 0.2) is 5.69 Å². The average Bonchev–Trinajstić information content (AvgIpc) is 3.35. The highest BCUT2D eigenvalue weighted by atomic mass is 35.5. The minimum atomic E-state index is -0.679. The number of hydrogen-bond acceptors (Lipinski definition) is 7. The van der Waals surface area contributed by atoms with Gasteiger partial charge in [0.2, 0.25) is 5.91 Å². The predicted molar refractivity (Wildman–Crippen MR) is 150 cm³/mol. The fourth-order valence-corrected chi connectivity index (χ4v) is 5.78. The van der Waals surface area contributed by atoms with Crippen molar-refractivity contribution in [3.63, 3.8) is 0 Å². The van der Waals surface area contributed by atoms with E-state index in [1.54, 1.807) is 36.6 Å². The van der Waals surface area contributed by atoms with Crippen molar-refractivity contribution in [1.82, 2.24) is 9.78 Å². The maximum atomic E-state index is 13.9. The molecule has 3 heterocycles. The Morgan fingerprint density at radius 3 is 2.41 bits per heavy atom. The highest BCUT2D eigenvalue weighted by Crippen LogP contribution is 2.44. The lowest BCUT2D eigenvalue weighted by Crippen LogP contribution is -2.27. The fraction of sp³-hybridized carbons (Fsp3) is 0.103. The molecule has 10 heteroatoms. The third-order valence-electron chi connectivity index (χ3n) is 6.35. The summed E-state index contributed by atoms with van der Waals surface area (Å²) in [6, 6.07) is 21.3. The first-order chi connectivity index (χ1) is 19.0. The molecule has 1 aliphatic heterocycles. The molecule has 0 bridgehead atoms. The van der Waals surface area contributed by atoms with Crippen LogP contribution in [0, 0.1) is 0 Å². The van der Waals surface area contributed by atoms with Crippen LogP contribution in [-0.4, -0.2) is 28.3 Å². The molecule has 8 nitrogen and oxygen atoms in total. The normalized spacial score (nSPS) is 12.4. The van der Waals surface area contributed by atoms with E-state index in [0.29, 0.717) is 43.7 Å². The largest absolute Gasteiger partial charge is 0.461 e. The SMILES string of the molecule is CCOC(=O)c1nn(-c2cccc(Cl)c2)c(=O)c2c(NC(=O)C3c4ccccc4Oc4ccccc43)scc12. The number of rotatable bonds is 5. The molecule has 0 atom stereocenters. The molecule has 6 rings (SSSR count). The monoisotopic (exact) mass is 557 g/mol. The van der Waals surface area contributed by atoms with Gasteiger partial charge in [-0.05, 0) is 37.3 Å². The van der Waals surface area contributed by atoms with E-state index < -0.39 is 17.4 Å². The van der Waals surface area contributed by atoms with Crippen LogP contribution in [0.5, 0.6) is 11.5 Å². The van der Waals surface area contributed by atoms with Crippen LogP contribution in [0.4, 0.5) is 5.00 Å². The van der Waals surface area contributed by atoms with Crippen molar-refractivity contribution in [2.24, 2.45) is 0 Å². The number of esters is 1. The first-order valence-corrected chi connectivity index (χ1v) is 13.4. The molecule has 0 unspecified atom stereocenters. The highest BCUT2D eigenvalue weighted by molar-refractivity contribution is 7.16. The lowest BCUT2D eigenvalue weighted by atomic mass is 9.87. The van der Waals surface area contributed by atoms with Gasteiger partial charge in [-0.2, -0.15) is 9.78 Å². The highest BCUT2D eigenvalue weighted by Gasteiger charge is 2.33.